The van der Waals surface area contributed by atoms with Crippen LogP contribution in [0.2, 0.25) is 0 Å². The van der Waals surface area contributed by atoms with Crippen molar-refractivity contribution in [2.24, 2.45) is 5.41 Å². The lowest BCUT2D eigenvalue weighted by Gasteiger charge is -2.35. The molecule has 1 aromatic heterocycles. The number of unbranched alkanes of at least 4 members (excludes halogenated alkanes) is 1. The number of benzene rings is 3. The van der Waals surface area contributed by atoms with Crippen LogP contribution >= 0.6 is 23.6 Å². The number of aryl methyl sites for hydroxylation is 1. The van der Waals surface area contributed by atoms with Crippen molar-refractivity contribution in [1.29, 1.82) is 5.26 Å². The third-order valence-electron chi connectivity index (χ3n) is 12.3. The first-order valence-corrected chi connectivity index (χ1v) is 24.6. The van der Waals surface area contributed by atoms with E-state index < -0.39 is 46.2 Å². The molecule has 2 N–H and O–H groups in total. The molecule has 2 saturated heterocycles. The van der Waals surface area contributed by atoms with Gasteiger partial charge in [0.15, 0.2) is 5.11 Å². The molecule has 2 atom stereocenters. The second-order valence-electron chi connectivity index (χ2n) is 19.1. The van der Waals surface area contributed by atoms with Gasteiger partial charge < -0.3 is 29.9 Å². The van der Waals surface area contributed by atoms with Crippen molar-refractivity contribution in [2.75, 3.05) is 56.3 Å². The topological polar surface area (TPSA) is 160 Å². The molecule has 4 aromatic rings. The summed E-state index contributed by atoms with van der Waals surface area (Å²) in [7, 11) is 1.86. The van der Waals surface area contributed by atoms with Gasteiger partial charge in [0.1, 0.15) is 23.4 Å². The average molecular weight is 1000 g/mol. The number of hydrogen-bond acceptors (Lipinski definition) is 11. The lowest BCUT2D eigenvalue weighted by atomic mass is 9.85. The van der Waals surface area contributed by atoms with E-state index in [-0.39, 0.29) is 35.1 Å². The first-order valence-electron chi connectivity index (χ1n) is 23.3. The fourth-order valence-electron chi connectivity index (χ4n) is 8.50. The molecule has 374 valence electrons. The Hall–Kier alpha value is -5.94. The standard InChI is InChI=1S/C51H61F3N8O6S2/c1-33-43(70-32-57-33)35-15-13-34(14-16-35)30-56-45(64)41-12-10-24-60(41)46(65)44(49(2,3)4)58-42(63)31-59(7)23-8-9-25-67-26-11-27-68-39-21-19-37(20-22-39)62-48(69)61(47(66)50(62,5)6)38-18-17-36(29-55)40(28-38)51(52,53)54/h13-22,28,32,41,44H,8-12,23-27,30-31H2,1-7H3,(H,56,64)(H,58,63)/t41-,44+/m0/s1. The number of nitrogens with zero attached hydrogens (tertiary/aromatic N) is 6. The van der Waals surface area contributed by atoms with Crippen LogP contribution in [0.1, 0.15) is 89.1 Å². The number of likely N-dealkylation sites (N-methyl/N-ethyl adjacent to an activating group) is 1. The molecule has 2 aliphatic heterocycles. The molecule has 14 nitrogen and oxygen atoms in total. The predicted octanol–water partition coefficient (Wildman–Crippen LogP) is 8.26. The maximum atomic E-state index is 14.0. The average Bonchev–Trinajstić information content (AvgIpc) is 4.02. The number of aromatic nitrogens is 1. The Morgan fingerprint density at radius 1 is 1.00 bits per heavy atom. The number of carbonyl (C=O) groups is 4. The summed E-state index contributed by atoms with van der Waals surface area (Å²) in [6, 6.07) is 18.1. The zero-order valence-electron chi connectivity index (χ0n) is 40.7. The number of thiocarbonyl (C=S) groups is 1. The van der Waals surface area contributed by atoms with Crippen molar-refractivity contribution in [3.63, 3.8) is 0 Å². The van der Waals surface area contributed by atoms with E-state index in [2.05, 4.69) is 15.6 Å². The molecule has 2 fully saturated rings. The molecule has 0 aliphatic carbocycles. The number of likely N-dealkylation sites (tertiary alicyclic amines) is 1. The summed E-state index contributed by atoms with van der Waals surface area (Å²) in [6.45, 7) is 13.9. The quantitative estimate of drug-likeness (QED) is 0.0648. The molecule has 4 amide bonds. The first-order chi connectivity index (χ1) is 33.1. The van der Waals surface area contributed by atoms with Crippen LogP contribution < -0.4 is 25.2 Å². The number of nitriles is 1. The summed E-state index contributed by atoms with van der Waals surface area (Å²) in [5.74, 6) is -0.683. The van der Waals surface area contributed by atoms with Crippen LogP contribution in [0.4, 0.5) is 24.5 Å². The number of amides is 4. The van der Waals surface area contributed by atoms with Crippen molar-refractivity contribution < 1.29 is 41.8 Å². The molecule has 2 aliphatic rings. The number of carbonyl (C=O) groups excluding carboxylic acids is 4. The first kappa shape index (κ1) is 53.4. The minimum Gasteiger partial charge on any atom is -0.494 e. The van der Waals surface area contributed by atoms with Crippen molar-refractivity contribution in [1.82, 2.24) is 25.4 Å². The maximum absolute atomic E-state index is 14.0. The number of anilines is 2. The molecular formula is C51H61F3N8O6S2. The van der Waals surface area contributed by atoms with Gasteiger partial charge in [-0.1, -0.05) is 45.0 Å². The highest BCUT2D eigenvalue weighted by molar-refractivity contribution is 7.81. The van der Waals surface area contributed by atoms with Crippen molar-refractivity contribution in [3.05, 3.63) is 94.6 Å². The molecule has 0 spiro atoms. The second-order valence-corrected chi connectivity index (χ2v) is 20.4. The minimum absolute atomic E-state index is 0.00187. The Morgan fingerprint density at radius 3 is 2.33 bits per heavy atom. The minimum atomic E-state index is -4.80. The Bertz CT molecular complexity index is 2560. The number of nitrogens with one attached hydrogen (secondary N) is 2. The van der Waals surface area contributed by atoms with Crippen LogP contribution in [0.3, 0.4) is 0 Å². The molecule has 0 bridgehead atoms. The van der Waals surface area contributed by atoms with E-state index in [1.165, 1.54) is 6.07 Å². The Kier molecular flexibility index (Phi) is 17.4. The summed E-state index contributed by atoms with van der Waals surface area (Å²) in [5, 5.41) is 15.2. The lowest BCUT2D eigenvalue weighted by molar-refractivity contribution is -0.144. The van der Waals surface area contributed by atoms with Crippen LogP contribution in [0.5, 0.6) is 5.75 Å². The van der Waals surface area contributed by atoms with Crippen LogP contribution in [0.25, 0.3) is 10.4 Å². The second kappa shape index (κ2) is 22.9. The van der Waals surface area contributed by atoms with Gasteiger partial charge in [0.05, 0.1) is 52.1 Å². The Morgan fingerprint density at radius 2 is 1.69 bits per heavy atom. The smallest absolute Gasteiger partial charge is 0.417 e. The van der Waals surface area contributed by atoms with Crippen LogP contribution in [-0.2, 0) is 36.6 Å². The van der Waals surface area contributed by atoms with Crippen LogP contribution in [-0.4, -0.2) is 108 Å². The monoisotopic (exact) mass is 1000 g/mol. The number of halogens is 3. The van der Waals surface area contributed by atoms with E-state index in [1.807, 2.05) is 69.4 Å². The van der Waals surface area contributed by atoms with E-state index in [0.717, 1.165) is 51.6 Å². The van der Waals surface area contributed by atoms with Crippen LogP contribution in [0, 0.1) is 23.7 Å². The zero-order valence-corrected chi connectivity index (χ0v) is 42.3. The molecule has 3 heterocycles. The molecule has 0 radical (unpaired) electrons. The van der Waals surface area contributed by atoms with E-state index in [1.54, 1.807) is 65.3 Å². The SMILES string of the molecule is Cc1ncsc1-c1ccc(CNC(=O)[C@@H]2CCCN2C(=O)[C@@H](NC(=O)CN(C)CCCCOCCCOc2ccc(N3C(=S)N(c4ccc(C#N)c(C(F)(F)F)c4)C(=O)C3(C)C)cc2)C(C)(C)C)cc1. The molecule has 70 heavy (non-hydrogen) atoms. The number of thiazole rings is 1. The normalized spacial score (nSPS) is 16.4. The number of ether oxygens (including phenoxy) is 2. The molecule has 6 rings (SSSR count). The van der Waals surface area contributed by atoms with Gasteiger partial charge in [-0.25, -0.2) is 4.98 Å². The van der Waals surface area contributed by atoms with Crippen molar-refractivity contribution >= 4 is 63.7 Å². The number of alkyl halides is 3. The van der Waals surface area contributed by atoms with Gasteiger partial charge in [-0.05, 0) is 131 Å². The Balaban J connectivity index is 0.873. The molecule has 0 saturated carbocycles. The van der Waals surface area contributed by atoms with Gasteiger partial charge in [-0.3, -0.25) is 29.0 Å². The van der Waals surface area contributed by atoms with Gasteiger partial charge >= 0.3 is 6.18 Å². The van der Waals surface area contributed by atoms with E-state index in [4.69, 9.17) is 21.7 Å². The molecule has 0 unspecified atom stereocenters. The summed E-state index contributed by atoms with van der Waals surface area (Å²) in [6.07, 6.45) is -1.36. The predicted molar refractivity (Wildman–Crippen MR) is 267 cm³/mol. The number of rotatable bonds is 20. The fourth-order valence-corrected chi connectivity index (χ4v) is 9.83. The Labute approximate surface area is 417 Å². The van der Waals surface area contributed by atoms with Crippen LogP contribution in [0.15, 0.2) is 72.2 Å². The molecule has 19 heteroatoms. The molecule has 3 aromatic carbocycles. The van der Waals surface area contributed by atoms with Gasteiger partial charge in [-0.2, -0.15) is 18.4 Å². The summed E-state index contributed by atoms with van der Waals surface area (Å²) >= 11 is 7.22. The maximum Gasteiger partial charge on any atom is 0.417 e. The van der Waals surface area contributed by atoms with Gasteiger partial charge in [0, 0.05) is 38.4 Å². The summed E-state index contributed by atoms with van der Waals surface area (Å²) in [5.41, 5.74) is 1.78. The molecular weight excluding hydrogens is 942 g/mol. The van der Waals surface area contributed by atoms with Gasteiger partial charge in [0.25, 0.3) is 5.91 Å². The van der Waals surface area contributed by atoms with Gasteiger partial charge in [-0.15, -0.1) is 11.3 Å². The summed E-state index contributed by atoms with van der Waals surface area (Å²) in [4.78, 5) is 65.9. The third-order valence-corrected chi connectivity index (χ3v) is 13.7. The van der Waals surface area contributed by atoms with Crippen molar-refractivity contribution in [3.8, 4) is 22.3 Å². The highest BCUT2D eigenvalue weighted by Crippen LogP contribution is 2.40. The van der Waals surface area contributed by atoms with Crippen molar-refractivity contribution in [2.45, 2.75) is 104 Å². The highest BCUT2D eigenvalue weighted by Gasteiger charge is 2.51. The van der Waals surface area contributed by atoms with E-state index >= 15 is 0 Å². The summed E-state index contributed by atoms with van der Waals surface area (Å²) < 4.78 is 52.9. The zero-order chi connectivity index (χ0) is 51.0. The van der Waals surface area contributed by atoms with E-state index in [9.17, 15) is 37.6 Å². The lowest BCUT2D eigenvalue weighted by Crippen LogP contribution is -2.58. The number of hydrogen-bond donors (Lipinski definition) is 2. The highest BCUT2D eigenvalue weighted by atomic mass is 32.1. The van der Waals surface area contributed by atoms with E-state index in [0.29, 0.717) is 70.2 Å². The largest absolute Gasteiger partial charge is 0.494 e. The third kappa shape index (κ3) is 12.9. The fraction of sp³-hybridized carbons (Fsp3) is 0.471. The van der Waals surface area contributed by atoms with Gasteiger partial charge in [0.2, 0.25) is 17.7 Å².